The standard InChI is InChI=1S/C17H18N4O3/c1-2-10-18-17(24)20-14-8-6-13(7-9-14)19-15(22)12-21-11-4-3-5-16(21)23/h2-9,11H,1,10,12H2,(H,19,22)(H2,18,20,24). The molecule has 124 valence electrons. The van der Waals surface area contributed by atoms with E-state index in [1.54, 1.807) is 48.7 Å². The van der Waals surface area contributed by atoms with Gasteiger partial charge in [0.1, 0.15) is 6.54 Å². The molecule has 0 aliphatic heterocycles. The third-order valence-corrected chi connectivity index (χ3v) is 3.05. The molecule has 7 nitrogen and oxygen atoms in total. The van der Waals surface area contributed by atoms with Crippen LogP contribution in [0.1, 0.15) is 0 Å². The quantitative estimate of drug-likeness (QED) is 0.707. The number of hydrogen-bond acceptors (Lipinski definition) is 3. The molecule has 1 heterocycles. The van der Waals surface area contributed by atoms with E-state index in [9.17, 15) is 14.4 Å². The number of urea groups is 1. The molecule has 0 radical (unpaired) electrons. The van der Waals surface area contributed by atoms with Gasteiger partial charge >= 0.3 is 6.03 Å². The van der Waals surface area contributed by atoms with E-state index in [-0.39, 0.29) is 24.0 Å². The maximum Gasteiger partial charge on any atom is 0.319 e. The summed E-state index contributed by atoms with van der Waals surface area (Å²) in [7, 11) is 0. The SMILES string of the molecule is C=CCNC(=O)Nc1ccc(NC(=O)Cn2ccccc2=O)cc1. The maximum absolute atomic E-state index is 12.0. The Morgan fingerprint density at radius 2 is 1.71 bits per heavy atom. The first kappa shape index (κ1) is 17.0. The fourth-order valence-electron chi connectivity index (χ4n) is 1.92. The first-order chi connectivity index (χ1) is 11.6. The lowest BCUT2D eigenvalue weighted by Crippen LogP contribution is -2.28. The fourth-order valence-corrected chi connectivity index (χ4v) is 1.92. The van der Waals surface area contributed by atoms with E-state index in [0.29, 0.717) is 17.9 Å². The highest BCUT2D eigenvalue weighted by molar-refractivity contribution is 5.92. The summed E-state index contributed by atoms with van der Waals surface area (Å²) in [5.41, 5.74) is 0.924. The first-order valence-corrected chi connectivity index (χ1v) is 7.29. The van der Waals surface area contributed by atoms with Crippen LogP contribution in [0.2, 0.25) is 0 Å². The molecule has 0 bridgehead atoms. The lowest BCUT2D eigenvalue weighted by atomic mass is 10.2. The number of hydrogen-bond donors (Lipinski definition) is 3. The van der Waals surface area contributed by atoms with Crippen molar-refractivity contribution >= 4 is 23.3 Å². The minimum absolute atomic E-state index is 0.0658. The monoisotopic (exact) mass is 326 g/mol. The second-order valence-electron chi connectivity index (χ2n) is 4.92. The van der Waals surface area contributed by atoms with Crippen molar-refractivity contribution in [2.75, 3.05) is 17.2 Å². The van der Waals surface area contributed by atoms with Gasteiger partial charge in [-0.3, -0.25) is 9.59 Å². The third-order valence-electron chi connectivity index (χ3n) is 3.05. The minimum Gasteiger partial charge on any atom is -0.334 e. The van der Waals surface area contributed by atoms with E-state index in [1.807, 2.05) is 0 Å². The van der Waals surface area contributed by atoms with E-state index in [4.69, 9.17) is 0 Å². The van der Waals surface area contributed by atoms with Crippen LogP contribution in [0.25, 0.3) is 0 Å². The van der Waals surface area contributed by atoms with Crippen molar-refractivity contribution in [1.82, 2.24) is 9.88 Å². The second-order valence-corrected chi connectivity index (χ2v) is 4.92. The average molecular weight is 326 g/mol. The zero-order valence-electron chi connectivity index (χ0n) is 13.0. The van der Waals surface area contributed by atoms with Gasteiger partial charge in [0.15, 0.2) is 0 Å². The smallest absolute Gasteiger partial charge is 0.319 e. The Bertz CT molecular complexity index is 781. The van der Waals surface area contributed by atoms with E-state index >= 15 is 0 Å². The van der Waals surface area contributed by atoms with Gasteiger partial charge in [0.05, 0.1) is 0 Å². The normalized spacial score (nSPS) is 9.83. The number of rotatable bonds is 6. The van der Waals surface area contributed by atoms with Gasteiger partial charge in [-0.05, 0) is 30.3 Å². The molecule has 0 unspecified atom stereocenters. The summed E-state index contributed by atoms with van der Waals surface area (Å²) in [6.07, 6.45) is 3.13. The molecule has 0 aliphatic carbocycles. The molecule has 0 atom stereocenters. The van der Waals surface area contributed by atoms with Gasteiger partial charge in [0.25, 0.3) is 5.56 Å². The summed E-state index contributed by atoms with van der Waals surface area (Å²) >= 11 is 0. The number of amides is 3. The molecule has 0 fully saturated rings. The molecular formula is C17H18N4O3. The van der Waals surface area contributed by atoms with Crippen molar-refractivity contribution in [1.29, 1.82) is 0 Å². The van der Waals surface area contributed by atoms with Gasteiger partial charge < -0.3 is 20.5 Å². The second kappa shape index (κ2) is 8.33. The van der Waals surface area contributed by atoms with Gasteiger partial charge in [0.2, 0.25) is 5.91 Å². The molecule has 0 aliphatic rings. The summed E-state index contributed by atoms with van der Waals surface area (Å²) in [5.74, 6) is -0.312. The third kappa shape index (κ3) is 5.13. The number of carbonyl (C=O) groups is 2. The molecule has 7 heteroatoms. The molecule has 3 amide bonds. The van der Waals surface area contributed by atoms with Gasteiger partial charge in [-0.15, -0.1) is 6.58 Å². The van der Waals surface area contributed by atoms with Crippen molar-refractivity contribution < 1.29 is 9.59 Å². The lowest BCUT2D eigenvalue weighted by molar-refractivity contribution is -0.116. The highest BCUT2D eigenvalue weighted by Crippen LogP contribution is 2.13. The number of benzene rings is 1. The molecule has 1 aromatic carbocycles. The van der Waals surface area contributed by atoms with Gasteiger partial charge in [0, 0.05) is 30.2 Å². The molecule has 24 heavy (non-hydrogen) atoms. The molecule has 2 aromatic rings. The summed E-state index contributed by atoms with van der Waals surface area (Å²) in [6.45, 7) is 3.82. The summed E-state index contributed by atoms with van der Waals surface area (Å²) < 4.78 is 1.31. The molecule has 2 rings (SSSR count). The average Bonchev–Trinajstić information content (AvgIpc) is 2.57. The van der Waals surface area contributed by atoms with Crippen LogP contribution in [0.3, 0.4) is 0 Å². The summed E-state index contributed by atoms with van der Waals surface area (Å²) in [5, 5.41) is 7.93. The van der Waals surface area contributed by atoms with Crippen LogP contribution < -0.4 is 21.5 Å². The van der Waals surface area contributed by atoms with Crippen LogP contribution in [0.5, 0.6) is 0 Å². The molecule has 0 spiro atoms. The minimum atomic E-state index is -0.338. The largest absolute Gasteiger partial charge is 0.334 e. The summed E-state index contributed by atoms with van der Waals surface area (Å²) in [6, 6.07) is 11.0. The van der Waals surface area contributed by atoms with Crippen molar-refractivity contribution in [3.63, 3.8) is 0 Å². The van der Waals surface area contributed by atoms with E-state index in [0.717, 1.165) is 0 Å². The Balaban J connectivity index is 1.90. The molecule has 1 aromatic heterocycles. The van der Waals surface area contributed by atoms with Crippen LogP contribution in [-0.2, 0) is 11.3 Å². The number of carbonyl (C=O) groups excluding carboxylic acids is 2. The number of anilines is 2. The lowest BCUT2D eigenvalue weighted by Gasteiger charge is -2.09. The van der Waals surface area contributed by atoms with Crippen LogP contribution in [0, 0.1) is 0 Å². The number of nitrogens with zero attached hydrogens (tertiary/aromatic N) is 1. The Morgan fingerprint density at radius 3 is 2.33 bits per heavy atom. The number of pyridine rings is 1. The van der Waals surface area contributed by atoms with Gasteiger partial charge in [-0.25, -0.2) is 4.79 Å². The molecular weight excluding hydrogens is 308 g/mol. The first-order valence-electron chi connectivity index (χ1n) is 7.29. The van der Waals surface area contributed by atoms with Crippen molar-refractivity contribution in [2.45, 2.75) is 6.54 Å². The van der Waals surface area contributed by atoms with Gasteiger partial charge in [-0.1, -0.05) is 12.1 Å². The van der Waals surface area contributed by atoms with Crippen LogP contribution in [0.15, 0.2) is 66.1 Å². The fraction of sp³-hybridized carbons (Fsp3) is 0.118. The molecule has 0 saturated heterocycles. The van der Waals surface area contributed by atoms with Crippen molar-refractivity contribution in [3.05, 3.63) is 71.7 Å². The maximum atomic E-state index is 12.0. The van der Waals surface area contributed by atoms with E-state index in [1.165, 1.54) is 10.6 Å². The Labute approximate surface area is 139 Å². The van der Waals surface area contributed by atoms with Crippen LogP contribution in [0.4, 0.5) is 16.2 Å². The highest BCUT2D eigenvalue weighted by Gasteiger charge is 2.05. The molecule has 3 N–H and O–H groups in total. The molecule has 0 saturated carbocycles. The highest BCUT2D eigenvalue weighted by atomic mass is 16.2. The Hall–Kier alpha value is -3.35. The van der Waals surface area contributed by atoms with Crippen LogP contribution >= 0.6 is 0 Å². The zero-order chi connectivity index (χ0) is 17.4. The Morgan fingerprint density at radius 1 is 1.04 bits per heavy atom. The van der Waals surface area contributed by atoms with Gasteiger partial charge in [-0.2, -0.15) is 0 Å². The Kier molecular flexibility index (Phi) is 5.90. The van der Waals surface area contributed by atoms with Crippen LogP contribution in [-0.4, -0.2) is 23.1 Å². The number of nitrogens with one attached hydrogen (secondary N) is 3. The van der Waals surface area contributed by atoms with Crippen molar-refractivity contribution in [3.8, 4) is 0 Å². The summed E-state index contributed by atoms with van der Waals surface area (Å²) in [4.78, 5) is 35.0. The van der Waals surface area contributed by atoms with Crippen molar-refractivity contribution in [2.24, 2.45) is 0 Å². The van der Waals surface area contributed by atoms with E-state index < -0.39 is 0 Å². The number of aromatic nitrogens is 1. The zero-order valence-corrected chi connectivity index (χ0v) is 13.0. The predicted molar refractivity (Wildman–Crippen MR) is 93.0 cm³/mol. The topological polar surface area (TPSA) is 92.2 Å². The van der Waals surface area contributed by atoms with E-state index in [2.05, 4.69) is 22.5 Å². The predicted octanol–water partition coefficient (Wildman–Crippen LogP) is 1.79.